The van der Waals surface area contributed by atoms with Crippen molar-refractivity contribution >= 4 is 33.9 Å². The Bertz CT molecular complexity index is 517. The zero-order chi connectivity index (χ0) is 14.4. The third kappa shape index (κ3) is 4.82. The van der Waals surface area contributed by atoms with E-state index < -0.39 is 23.7 Å². The van der Waals surface area contributed by atoms with Crippen LogP contribution in [0, 0.1) is 5.82 Å². The second-order valence-corrected chi connectivity index (χ2v) is 4.72. The number of nitrogens with one attached hydrogen (secondary N) is 1. The Labute approximate surface area is 118 Å². The molecule has 0 spiro atoms. The van der Waals surface area contributed by atoms with Crippen LogP contribution in [0.3, 0.4) is 0 Å². The molecule has 0 saturated heterocycles. The number of hydrogen-bond acceptors (Lipinski definition) is 2. The number of carbonyl (C=O) groups excluding carboxylic acids is 1. The molecule has 2 N–H and O–H groups in total. The molecule has 1 aromatic rings. The molecule has 1 aromatic carbocycles. The van der Waals surface area contributed by atoms with Gasteiger partial charge in [-0.15, -0.1) is 0 Å². The van der Waals surface area contributed by atoms with Crippen molar-refractivity contribution in [1.82, 2.24) is 5.32 Å². The molecule has 102 valence electrons. The van der Waals surface area contributed by atoms with Crippen LogP contribution in [0.1, 0.15) is 18.9 Å². The lowest BCUT2D eigenvalue weighted by molar-refractivity contribution is -0.141. The van der Waals surface area contributed by atoms with E-state index in [4.69, 9.17) is 5.11 Å². The normalized spacial score (nSPS) is 12.4. The topological polar surface area (TPSA) is 66.4 Å². The molecule has 0 aliphatic heterocycles. The number of carboxylic acids is 1. The van der Waals surface area contributed by atoms with E-state index in [1.165, 1.54) is 18.2 Å². The molecule has 0 aliphatic carbocycles. The quantitative estimate of drug-likeness (QED) is 0.816. The first-order chi connectivity index (χ1) is 8.93. The van der Waals surface area contributed by atoms with Crippen molar-refractivity contribution in [3.63, 3.8) is 0 Å². The Morgan fingerprint density at radius 2 is 2.21 bits per heavy atom. The lowest BCUT2D eigenvalue weighted by Crippen LogP contribution is -2.39. The summed E-state index contributed by atoms with van der Waals surface area (Å²) in [5.41, 5.74) is 0.243. The molecule has 0 aromatic heterocycles. The van der Waals surface area contributed by atoms with Crippen LogP contribution in [0.5, 0.6) is 0 Å². The van der Waals surface area contributed by atoms with Gasteiger partial charge in [0.15, 0.2) is 0 Å². The third-order valence-corrected chi connectivity index (χ3v) is 2.89. The van der Waals surface area contributed by atoms with E-state index in [1.807, 2.05) is 0 Å². The van der Waals surface area contributed by atoms with Crippen LogP contribution in [0.25, 0.3) is 6.08 Å². The second kappa shape index (κ2) is 7.04. The minimum absolute atomic E-state index is 0.243. The fourth-order valence-corrected chi connectivity index (χ4v) is 1.74. The van der Waals surface area contributed by atoms with Gasteiger partial charge >= 0.3 is 5.97 Å². The van der Waals surface area contributed by atoms with Gasteiger partial charge in [0.25, 0.3) is 0 Å². The lowest BCUT2D eigenvalue weighted by Gasteiger charge is -2.09. The molecule has 1 atom stereocenters. The minimum Gasteiger partial charge on any atom is -0.480 e. The lowest BCUT2D eigenvalue weighted by atomic mass is 10.2. The Kier molecular flexibility index (Phi) is 5.69. The van der Waals surface area contributed by atoms with Crippen LogP contribution in [-0.4, -0.2) is 23.0 Å². The SMILES string of the molecule is CCC(NC(=O)/C=C/c1cc(Br)ccc1F)C(=O)O. The number of rotatable bonds is 5. The predicted octanol–water partition coefficient (Wildman–Crippen LogP) is 2.58. The molecular weight excluding hydrogens is 317 g/mol. The molecule has 0 aliphatic rings. The van der Waals surface area contributed by atoms with E-state index in [0.29, 0.717) is 4.47 Å². The van der Waals surface area contributed by atoms with Crippen molar-refractivity contribution in [3.8, 4) is 0 Å². The highest BCUT2D eigenvalue weighted by Gasteiger charge is 2.15. The first-order valence-corrected chi connectivity index (χ1v) is 6.39. The Hall–Kier alpha value is -1.69. The van der Waals surface area contributed by atoms with E-state index in [-0.39, 0.29) is 12.0 Å². The summed E-state index contributed by atoms with van der Waals surface area (Å²) >= 11 is 3.20. The van der Waals surface area contributed by atoms with Gasteiger partial charge in [0.1, 0.15) is 11.9 Å². The van der Waals surface area contributed by atoms with Crippen molar-refractivity contribution in [2.75, 3.05) is 0 Å². The molecule has 0 saturated carbocycles. The summed E-state index contributed by atoms with van der Waals surface area (Å²) < 4.78 is 14.1. The zero-order valence-corrected chi connectivity index (χ0v) is 11.8. The van der Waals surface area contributed by atoms with Crippen LogP contribution in [0.15, 0.2) is 28.7 Å². The summed E-state index contributed by atoms with van der Waals surface area (Å²) in [5.74, 6) is -2.14. The van der Waals surface area contributed by atoms with E-state index in [1.54, 1.807) is 13.0 Å². The average Bonchev–Trinajstić information content (AvgIpc) is 2.36. The minimum atomic E-state index is -1.10. The van der Waals surface area contributed by atoms with Crippen molar-refractivity contribution in [3.05, 3.63) is 40.1 Å². The van der Waals surface area contributed by atoms with Crippen LogP contribution < -0.4 is 5.32 Å². The highest BCUT2D eigenvalue weighted by atomic mass is 79.9. The van der Waals surface area contributed by atoms with Gasteiger partial charge in [0.2, 0.25) is 5.91 Å². The fraction of sp³-hybridized carbons (Fsp3) is 0.231. The van der Waals surface area contributed by atoms with Gasteiger partial charge < -0.3 is 10.4 Å². The standard InChI is InChI=1S/C13H13BrFNO3/c1-2-11(13(18)19)16-12(17)6-3-8-7-9(14)4-5-10(8)15/h3-7,11H,2H2,1H3,(H,16,17)(H,18,19)/b6-3+. The van der Waals surface area contributed by atoms with Crippen molar-refractivity contribution in [2.24, 2.45) is 0 Å². The molecule has 0 bridgehead atoms. The zero-order valence-electron chi connectivity index (χ0n) is 10.2. The molecule has 4 nitrogen and oxygen atoms in total. The third-order valence-electron chi connectivity index (χ3n) is 2.40. The van der Waals surface area contributed by atoms with Gasteiger partial charge in [-0.3, -0.25) is 4.79 Å². The Morgan fingerprint density at radius 1 is 1.53 bits per heavy atom. The largest absolute Gasteiger partial charge is 0.480 e. The number of aliphatic carboxylic acids is 1. The molecule has 19 heavy (non-hydrogen) atoms. The maximum atomic E-state index is 13.4. The van der Waals surface area contributed by atoms with Crippen molar-refractivity contribution < 1.29 is 19.1 Å². The molecule has 1 rings (SSSR count). The smallest absolute Gasteiger partial charge is 0.326 e. The van der Waals surface area contributed by atoms with E-state index in [9.17, 15) is 14.0 Å². The van der Waals surface area contributed by atoms with Crippen molar-refractivity contribution in [2.45, 2.75) is 19.4 Å². The van der Waals surface area contributed by atoms with Gasteiger partial charge in [0, 0.05) is 16.1 Å². The van der Waals surface area contributed by atoms with Gasteiger partial charge in [-0.05, 0) is 30.7 Å². The summed E-state index contributed by atoms with van der Waals surface area (Å²) in [6, 6.07) is 3.40. The van der Waals surface area contributed by atoms with Gasteiger partial charge in [-0.1, -0.05) is 22.9 Å². The monoisotopic (exact) mass is 329 g/mol. The van der Waals surface area contributed by atoms with Gasteiger partial charge in [-0.2, -0.15) is 0 Å². The maximum Gasteiger partial charge on any atom is 0.326 e. The molecular formula is C13H13BrFNO3. The van der Waals surface area contributed by atoms with E-state index >= 15 is 0 Å². The number of halogens is 2. The maximum absolute atomic E-state index is 13.4. The highest BCUT2D eigenvalue weighted by Crippen LogP contribution is 2.16. The number of hydrogen-bond donors (Lipinski definition) is 2. The fourth-order valence-electron chi connectivity index (χ4n) is 1.37. The highest BCUT2D eigenvalue weighted by molar-refractivity contribution is 9.10. The van der Waals surface area contributed by atoms with Gasteiger partial charge in [-0.25, -0.2) is 9.18 Å². The number of carbonyl (C=O) groups is 2. The molecule has 0 fully saturated rings. The number of amides is 1. The molecule has 1 amide bonds. The second-order valence-electron chi connectivity index (χ2n) is 3.81. The predicted molar refractivity (Wildman–Crippen MR) is 73.0 cm³/mol. The van der Waals surface area contributed by atoms with Crippen molar-refractivity contribution in [1.29, 1.82) is 0 Å². The summed E-state index contributed by atoms with van der Waals surface area (Å²) in [6.07, 6.45) is 2.68. The molecule has 0 radical (unpaired) electrons. The first kappa shape index (κ1) is 15.4. The van der Waals surface area contributed by atoms with Crippen LogP contribution in [0.2, 0.25) is 0 Å². The average molecular weight is 330 g/mol. The Balaban J connectivity index is 2.73. The van der Waals surface area contributed by atoms with Crippen LogP contribution in [-0.2, 0) is 9.59 Å². The summed E-state index contributed by atoms with van der Waals surface area (Å²) in [5, 5.41) is 11.1. The first-order valence-electron chi connectivity index (χ1n) is 5.60. The summed E-state index contributed by atoms with van der Waals surface area (Å²) in [6.45, 7) is 1.65. The summed E-state index contributed by atoms with van der Waals surface area (Å²) in [7, 11) is 0. The van der Waals surface area contributed by atoms with Crippen LogP contribution >= 0.6 is 15.9 Å². The van der Waals surface area contributed by atoms with Gasteiger partial charge in [0.05, 0.1) is 0 Å². The van der Waals surface area contributed by atoms with E-state index in [0.717, 1.165) is 6.08 Å². The number of carboxylic acid groups (broad SMARTS) is 1. The summed E-state index contributed by atoms with van der Waals surface area (Å²) in [4.78, 5) is 22.2. The number of benzene rings is 1. The molecule has 0 heterocycles. The molecule has 6 heteroatoms. The van der Waals surface area contributed by atoms with E-state index in [2.05, 4.69) is 21.2 Å². The Morgan fingerprint density at radius 3 is 2.79 bits per heavy atom. The van der Waals surface area contributed by atoms with Crippen LogP contribution in [0.4, 0.5) is 4.39 Å². The molecule has 1 unspecified atom stereocenters.